The minimum Gasteiger partial charge on any atom is -0.316 e. The van der Waals surface area contributed by atoms with Crippen molar-refractivity contribution in [1.82, 2.24) is 20.1 Å². The standard InChI is InChI=1S/C8H14N4/c1-12-6-10-8(11-12)4-7-2-3-9-5-7/h6-7,9H,2-5H2,1H3. The Labute approximate surface area is 72.0 Å². The third-order valence-corrected chi connectivity index (χ3v) is 2.28. The van der Waals surface area contributed by atoms with E-state index < -0.39 is 0 Å². The molecule has 0 spiro atoms. The van der Waals surface area contributed by atoms with Crippen molar-refractivity contribution in [2.24, 2.45) is 13.0 Å². The third-order valence-electron chi connectivity index (χ3n) is 2.28. The molecule has 66 valence electrons. The molecule has 1 atom stereocenters. The molecule has 0 aromatic carbocycles. The van der Waals surface area contributed by atoms with Crippen LogP contribution in [0.25, 0.3) is 0 Å². The van der Waals surface area contributed by atoms with Crippen LogP contribution in [-0.4, -0.2) is 27.9 Å². The normalized spacial score (nSPS) is 23.2. The molecule has 1 saturated heterocycles. The van der Waals surface area contributed by atoms with Gasteiger partial charge >= 0.3 is 0 Å². The van der Waals surface area contributed by atoms with Crippen LogP contribution in [0.4, 0.5) is 0 Å². The first-order valence-electron chi connectivity index (χ1n) is 4.40. The Morgan fingerprint density at radius 1 is 1.75 bits per heavy atom. The minimum absolute atomic E-state index is 0.743. The molecule has 2 rings (SSSR count). The van der Waals surface area contributed by atoms with Gasteiger partial charge in [-0.3, -0.25) is 4.68 Å². The summed E-state index contributed by atoms with van der Waals surface area (Å²) in [6.07, 6.45) is 4.05. The highest BCUT2D eigenvalue weighted by molar-refractivity contribution is 4.87. The maximum Gasteiger partial charge on any atom is 0.150 e. The van der Waals surface area contributed by atoms with Crippen LogP contribution >= 0.6 is 0 Å². The highest BCUT2D eigenvalue weighted by Crippen LogP contribution is 2.11. The van der Waals surface area contributed by atoms with Gasteiger partial charge in [-0.2, -0.15) is 5.10 Å². The lowest BCUT2D eigenvalue weighted by Gasteiger charge is -2.02. The fraction of sp³-hybridized carbons (Fsp3) is 0.750. The van der Waals surface area contributed by atoms with E-state index in [1.54, 1.807) is 11.0 Å². The molecule has 0 aliphatic carbocycles. The Bertz CT molecular complexity index is 249. The first-order valence-corrected chi connectivity index (χ1v) is 4.40. The smallest absolute Gasteiger partial charge is 0.150 e. The average Bonchev–Trinajstić information content (AvgIpc) is 2.63. The molecule has 1 aromatic heterocycles. The van der Waals surface area contributed by atoms with Gasteiger partial charge in [0.15, 0.2) is 5.82 Å². The lowest BCUT2D eigenvalue weighted by molar-refractivity contribution is 0.558. The second-order valence-corrected chi connectivity index (χ2v) is 3.40. The van der Waals surface area contributed by atoms with E-state index in [9.17, 15) is 0 Å². The summed E-state index contributed by atoms with van der Waals surface area (Å²) in [5.74, 6) is 1.72. The van der Waals surface area contributed by atoms with E-state index in [0.717, 1.165) is 31.3 Å². The fourth-order valence-electron chi connectivity index (χ4n) is 1.62. The summed E-state index contributed by atoms with van der Waals surface area (Å²) in [5, 5.41) is 7.59. The zero-order chi connectivity index (χ0) is 8.39. The first-order chi connectivity index (χ1) is 5.84. The topological polar surface area (TPSA) is 42.7 Å². The molecule has 1 fully saturated rings. The van der Waals surface area contributed by atoms with Crippen LogP contribution in [0.5, 0.6) is 0 Å². The molecule has 0 bridgehead atoms. The fourth-order valence-corrected chi connectivity index (χ4v) is 1.62. The highest BCUT2D eigenvalue weighted by atomic mass is 15.3. The van der Waals surface area contributed by atoms with Gasteiger partial charge in [0.1, 0.15) is 6.33 Å². The summed E-state index contributed by atoms with van der Waals surface area (Å²) in [6, 6.07) is 0. The summed E-state index contributed by atoms with van der Waals surface area (Å²) in [4.78, 5) is 4.20. The zero-order valence-corrected chi connectivity index (χ0v) is 7.32. The molecule has 1 aromatic rings. The van der Waals surface area contributed by atoms with Crippen molar-refractivity contribution in [3.05, 3.63) is 12.2 Å². The summed E-state index contributed by atoms with van der Waals surface area (Å²) in [6.45, 7) is 2.27. The lowest BCUT2D eigenvalue weighted by atomic mass is 10.1. The number of rotatable bonds is 2. The molecule has 1 aliphatic rings. The average molecular weight is 166 g/mol. The SMILES string of the molecule is Cn1cnc(CC2CCNC2)n1. The maximum absolute atomic E-state index is 4.25. The van der Waals surface area contributed by atoms with E-state index >= 15 is 0 Å². The van der Waals surface area contributed by atoms with Gasteiger partial charge in [0.25, 0.3) is 0 Å². The van der Waals surface area contributed by atoms with E-state index in [4.69, 9.17) is 0 Å². The van der Waals surface area contributed by atoms with E-state index in [2.05, 4.69) is 15.4 Å². The number of aryl methyl sites for hydroxylation is 1. The molecule has 1 aliphatic heterocycles. The molecule has 0 amide bonds. The van der Waals surface area contributed by atoms with Crippen LogP contribution in [0.3, 0.4) is 0 Å². The monoisotopic (exact) mass is 166 g/mol. The minimum atomic E-state index is 0.743. The van der Waals surface area contributed by atoms with Gasteiger partial charge < -0.3 is 5.32 Å². The van der Waals surface area contributed by atoms with Crippen molar-refractivity contribution in [2.45, 2.75) is 12.8 Å². The summed E-state index contributed by atoms with van der Waals surface area (Å²) >= 11 is 0. The quantitative estimate of drug-likeness (QED) is 0.670. The largest absolute Gasteiger partial charge is 0.316 e. The Kier molecular flexibility index (Phi) is 2.08. The molecule has 4 nitrogen and oxygen atoms in total. The number of nitrogens with zero attached hydrogens (tertiary/aromatic N) is 3. The van der Waals surface area contributed by atoms with E-state index in [1.807, 2.05) is 7.05 Å². The lowest BCUT2D eigenvalue weighted by Crippen LogP contribution is -2.11. The maximum atomic E-state index is 4.25. The molecule has 2 heterocycles. The molecule has 0 saturated carbocycles. The number of nitrogens with one attached hydrogen (secondary N) is 1. The van der Waals surface area contributed by atoms with E-state index in [1.165, 1.54) is 6.42 Å². The molecule has 0 radical (unpaired) electrons. The van der Waals surface area contributed by atoms with E-state index in [0.29, 0.717) is 0 Å². The third kappa shape index (κ3) is 1.64. The number of hydrogen-bond donors (Lipinski definition) is 1. The Morgan fingerprint density at radius 2 is 2.67 bits per heavy atom. The summed E-state index contributed by atoms with van der Waals surface area (Å²) < 4.78 is 1.76. The van der Waals surface area contributed by atoms with Crippen LogP contribution in [0.2, 0.25) is 0 Å². The van der Waals surface area contributed by atoms with E-state index in [-0.39, 0.29) is 0 Å². The number of hydrogen-bond acceptors (Lipinski definition) is 3. The van der Waals surface area contributed by atoms with Gasteiger partial charge in [-0.05, 0) is 25.4 Å². The first kappa shape index (κ1) is 7.73. The van der Waals surface area contributed by atoms with Crippen molar-refractivity contribution in [3.63, 3.8) is 0 Å². The molecular weight excluding hydrogens is 152 g/mol. The van der Waals surface area contributed by atoms with Gasteiger partial charge in [-0.15, -0.1) is 0 Å². The summed E-state index contributed by atoms with van der Waals surface area (Å²) in [5.41, 5.74) is 0. The van der Waals surface area contributed by atoms with Crippen LogP contribution in [-0.2, 0) is 13.5 Å². The van der Waals surface area contributed by atoms with Crippen molar-refractivity contribution in [1.29, 1.82) is 0 Å². The van der Waals surface area contributed by atoms with Crippen LogP contribution in [0, 0.1) is 5.92 Å². The zero-order valence-electron chi connectivity index (χ0n) is 7.32. The molecule has 1 unspecified atom stereocenters. The van der Waals surface area contributed by atoms with Gasteiger partial charge in [0.05, 0.1) is 0 Å². The predicted octanol–water partition coefficient (Wildman–Crippen LogP) is -0.0329. The van der Waals surface area contributed by atoms with Crippen molar-refractivity contribution in [2.75, 3.05) is 13.1 Å². The molecule has 1 N–H and O–H groups in total. The molecular formula is C8H14N4. The van der Waals surface area contributed by atoms with Gasteiger partial charge in [-0.25, -0.2) is 4.98 Å². The molecule has 4 heteroatoms. The van der Waals surface area contributed by atoms with Gasteiger partial charge in [0, 0.05) is 13.5 Å². The number of aromatic nitrogens is 3. The van der Waals surface area contributed by atoms with Crippen molar-refractivity contribution >= 4 is 0 Å². The van der Waals surface area contributed by atoms with Gasteiger partial charge in [0.2, 0.25) is 0 Å². The summed E-state index contributed by atoms with van der Waals surface area (Å²) in [7, 11) is 1.91. The molecule has 12 heavy (non-hydrogen) atoms. The second-order valence-electron chi connectivity index (χ2n) is 3.40. The van der Waals surface area contributed by atoms with Gasteiger partial charge in [-0.1, -0.05) is 0 Å². The Balaban J connectivity index is 1.94. The van der Waals surface area contributed by atoms with Crippen LogP contribution in [0.1, 0.15) is 12.2 Å². The van der Waals surface area contributed by atoms with Crippen LogP contribution in [0.15, 0.2) is 6.33 Å². The second kappa shape index (κ2) is 3.23. The Hall–Kier alpha value is -0.900. The predicted molar refractivity (Wildman–Crippen MR) is 45.7 cm³/mol. The van der Waals surface area contributed by atoms with Crippen LogP contribution < -0.4 is 5.32 Å². The van der Waals surface area contributed by atoms with Crippen molar-refractivity contribution < 1.29 is 0 Å². The Morgan fingerprint density at radius 3 is 3.25 bits per heavy atom. The highest BCUT2D eigenvalue weighted by Gasteiger charge is 2.16. The van der Waals surface area contributed by atoms with Crippen molar-refractivity contribution in [3.8, 4) is 0 Å².